The van der Waals surface area contributed by atoms with Crippen molar-refractivity contribution in [3.63, 3.8) is 0 Å². The average Bonchev–Trinajstić information content (AvgIpc) is 2.01. The van der Waals surface area contributed by atoms with E-state index in [-0.39, 0.29) is 0 Å². The highest BCUT2D eigenvalue weighted by atomic mass is 15.0. The molecule has 0 amide bonds. The Bertz CT molecular complexity index is 283. The lowest BCUT2D eigenvalue weighted by molar-refractivity contribution is 0.971. The van der Waals surface area contributed by atoms with Crippen LogP contribution in [0, 0.1) is 6.92 Å². The summed E-state index contributed by atoms with van der Waals surface area (Å²) in [5, 5.41) is 0. The maximum atomic E-state index is 5.57. The van der Waals surface area contributed by atoms with Crippen LogP contribution in [0.3, 0.4) is 0 Å². The summed E-state index contributed by atoms with van der Waals surface area (Å²) in [7, 11) is 0. The SMILES string of the molecule is C=CCc1nc(C)c(N)c(N)n1. The van der Waals surface area contributed by atoms with Crippen LogP contribution in [0.4, 0.5) is 11.5 Å². The summed E-state index contributed by atoms with van der Waals surface area (Å²) >= 11 is 0. The minimum Gasteiger partial charge on any atom is -0.394 e. The Morgan fingerprint density at radius 3 is 2.58 bits per heavy atom. The van der Waals surface area contributed by atoms with Crippen LogP contribution in [0.2, 0.25) is 0 Å². The van der Waals surface area contributed by atoms with Crippen molar-refractivity contribution in [2.75, 3.05) is 11.5 Å². The molecule has 4 heteroatoms. The van der Waals surface area contributed by atoms with E-state index >= 15 is 0 Å². The van der Waals surface area contributed by atoms with E-state index in [1.165, 1.54) is 0 Å². The van der Waals surface area contributed by atoms with Gasteiger partial charge in [-0.3, -0.25) is 0 Å². The normalized spacial score (nSPS) is 9.75. The minimum atomic E-state index is 0.347. The molecule has 12 heavy (non-hydrogen) atoms. The van der Waals surface area contributed by atoms with E-state index in [4.69, 9.17) is 11.5 Å². The Morgan fingerprint density at radius 1 is 1.42 bits per heavy atom. The van der Waals surface area contributed by atoms with Crippen molar-refractivity contribution in [2.45, 2.75) is 13.3 Å². The van der Waals surface area contributed by atoms with Gasteiger partial charge in [-0.05, 0) is 6.92 Å². The number of nitrogen functional groups attached to an aromatic ring is 2. The Kier molecular flexibility index (Phi) is 2.28. The molecule has 0 unspecified atom stereocenters. The first kappa shape index (κ1) is 8.52. The number of nitrogens with two attached hydrogens (primary N) is 2. The molecule has 0 bridgehead atoms. The number of nitrogens with zero attached hydrogens (tertiary/aromatic N) is 2. The topological polar surface area (TPSA) is 77.8 Å². The summed E-state index contributed by atoms with van der Waals surface area (Å²) in [6.07, 6.45) is 2.34. The summed E-state index contributed by atoms with van der Waals surface area (Å²) < 4.78 is 0. The van der Waals surface area contributed by atoms with Gasteiger partial charge in [0.05, 0.1) is 11.4 Å². The molecule has 0 aromatic carbocycles. The van der Waals surface area contributed by atoms with E-state index in [9.17, 15) is 0 Å². The predicted octanol–water partition coefficient (Wildman–Crippen LogP) is 0.678. The first-order valence-electron chi connectivity index (χ1n) is 3.64. The van der Waals surface area contributed by atoms with Crippen LogP contribution in [-0.2, 0) is 6.42 Å². The lowest BCUT2D eigenvalue weighted by atomic mass is 10.3. The highest BCUT2D eigenvalue weighted by molar-refractivity contribution is 5.60. The molecule has 0 radical (unpaired) electrons. The zero-order chi connectivity index (χ0) is 9.14. The summed E-state index contributed by atoms with van der Waals surface area (Å²) in [5.74, 6) is 1.01. The first-order valence-corrected chi connectivity index (χ1v) is 3.64. The van der Waals surface area contributed by atoms with Gasteiger partial charge in [0.2, 0.25) is 0 Å². The fourth-order valence-electron chi connectivity index (χ4n) is 0.884. The second kappa shape index (κ2) is 3.21. The zero-order valence-corrected chi connectivity index (χ0v) is 7.04. The number of aromatic nitrogens is 2. The van der Waals surface area contributed by atoms with Gasteiger partial charge >= 0.3 is 0 Å². The van der Waals surface area contributed by atoms with Gasteiger partial charge in [-0.15, -0.1) is 6.58 Å². The molecule has 1 heterocycles. The molecule has 0 aliphatic rings. The highest BCUT2D eigenvalue weighted by Gasteiger charge is 2.03. The van der Waals surface area contributed by atoms with Gasteiger partial charge in [0, 0.05) is 6.42 Å². The van der Waals surface area contributed by atoms with Crippen LogP contribution in [0.15, 0.2) is 12.7 Å². The highest BCUT2D eigenvalue weighted by Crippen LogP contribution is 2.14. The van der Waals surface area contributed by atoms with Crippen LogP contribution < -0.4 is 11.5 Å². The third kappa shape index (κ3) is 1.53. The average molecular weight is 164 g/mol. The largest absolute Gasteiger partial charge is 0.394 e. The van der Waals surface area contributed by atoms with Gasteiger partial charge < -0.3 is 11.5 Å². The van der Waals surface area contributed by atoms with Crippen molar-refractivity contribution in [2.24, 2.45) is 0 Å². The van der Waals surface area contributed by atoms with Gasteiger partial charge in [0.1, 0.15) is 5.82 Å². The number of rotatable bonds is 2. The molecule has 0 aliphatic heterocycles. The minimum absolute atomic E-state index is 0.347. The Labute approximate surface area is 71.3 Å². The van der Waals surface area contributed by atoms with Crippen LogP contribution in [0.25, 0.3) is 0 Å². The smallest absolute Gasteiger partial charge is 0.150 e. The third-order valence-electron chi connectivity index (χ3n) is 1.54. The van der Waals surface area contributed by atoms with Crippen molar-refractivity contribution >= 4 is 11.5 Å². The molecule has 0 saturated heterocycles. The van der Waals surface area contributed by atoms with E-state index in [0.29, 0.717) is 23.8 Å². The van der Waals surface area contributed by atoms with E-state index < -0.39 is 0 Å². The molecule has 0 atom stereocenters. The molecule has 1 aromatic rings. The molecule has 0 fully saturated rings. The second-order valence-corrected chi connectivity index (χ2v) is 2.52. The van der Waals surface area contributed by atoms with Gasteiger partial charge in [0.25, 0.3) is 0 Å². The summed E-state index contributed by atoms with van der Waals surface area (Å²) in [5.41, 5.74) is 12.3. The van der Waals surface area contributed by atoms with Gasteiger partial charge in [-0.25, -0.2) is 9.97 Å². The molecule has 4 N–H and O–H groups in total. The van der Waals surface area contributed by atoms with Crippen LogP contribution in [0.1, 0.15) is 11.5 Å². The molecule has 1 aromatic heterocycles. The number of aryl methyl sites for hydroxylation is 1. The van der Waals surface area contributed by atoms with E-state index in [1.54, 1.807) is 13.0 Å². The molecule has 0 saturated carbocycles. The van der Waals surface area contributed by atoms with Crippen molar-refractivity contribution in [3.05, 3.63) is 24.2 Å². The zero-order valence-electron chi connectivity index (χ0n) is 7.04. The standard InChI is InChI=1S/C8H12N4/c1-3-4-6-11-5(2)7(9)8(10)12-6/h3H,1,4,9H2,2H3,(H2,10,11,12). The van der Waals surface area contributed by atoms with E-state index in [0.717, 1.165) is 5.69 Å². The molecular formula is C8H12N4. The van der Waals surface area contributed by atoms with Gasteiger partial charge in [0.15, 0.2) is 5.82 Å². The Morgan fingerprint density at radius 2 is 2.08 bits per heavy atom. The number of hydrogen-bond donors (Lipinski definition) is 2. The summed E-state index contributed by atoms with van der Waals surface area (Å²) in [6.45, 7) is 5.39. The van der Waals surface area contributed by atoms with Crippen molar-refractivity contribution in [3.8, 4) is 0 Å². The van der Waals surface area contributed by atoms with Crippen molar-refractivity contribution in [1.29, 1.82) is 0 Å². The molecular weight excluding hydrogens is 152 g/mol. The Hall–Kier alpha value is -1.58. The lowest BCUT2D eigenvalue weighted by Crippen LogP contribution is -2.06. The summed E-state index contributed by atoms with van der Waals surface area (Å²) in [4.78, 5) is 8.13. The molecule has 0 spiro atoms. The Balaban J connectivity index is 3.11. The van der Waals surface area contributed by atoms with Crippen LogP contribution >= 0.6 is 0 Å². The van der Waals surface area contributed by atoms with E-state index in [1.807, 2.05) is 0 Å². The van der Waals surface area contributed by atoms with Crippen molar-refractivity contribution < 1.29 is 0 Å². The number of anilines is 2. The second-order valence-electron chi connectivity index (χ2n) is 2.52. The van der Waals surface area contributed by atoms with Gasteiger partial charge in [-0.2, -0.15) is 0 Å². The van der Waals surface area contributed by atoms with Crippen molar-refractivity contribution in [1.82, 2.24) is 9.97 Å². The maximum absolute atomic E-state index is 5.57. The molecule has 64 valence electrons. The molecule has 0 aliphatic carbocycles. The maximum Gasteiger partial charge on any atom is 0.150 e. The monoisotopic (exact) mass is 164 g/mol. The fourth-order valence-corrected chi connectivity index (χ4v) is 0.884. The number of allylic oxidation sites excluding steroid dienone is 1. The van der Waals surface area contributed by atoms with Crippen LogP contribution in [0.5, 0.6) is 0 Å². The molecule has 1 rings (SSSR count). The van der Waals surface area contributed by atoms with Gasteiger partial charge in [-0.1, -0.05) is 6.08 Å². The first-order chi connectivity index (χ1) is 5.65. The van der Waals surface area contributed by atoms with Crippen LogP contribution in [-0.4, -0.2) is 9.97 Å². The number of hydrogen-bond acceptors (Lipinski definition) is 4. The third-order valence-corrected chi connectivity index (χ3v) is 1.54. The quantitative estimate of drug-likeness (QED) is 0.630. The molecule has 4 nitrogen and oxygen atoms in total. The lowest BCUT2D eigenvalue weighted by Gasteiger charge is -2.04. The fraction of sp³-hybridized carbons (Fsp3) is 0.250. The summed E-state index contributed by atoms with van der Waals surface area (Å²) in [6, 6.07) is 0. The van der Waals surface area contributed by atoms with E-state index in [2.05, 4.69) is 16.5 Å². The predicted molar refractivity (Wildman–Crippen MR) is 49.5 cm³/mol.